The highest BCUT2D eigenvalue weighted by molar-refractivity contribution is 5.74. The molecule has 4 heteroatoms. The van der Waals surface area contributed by atoms with Crippen molar-refractivity contribution in [1.29, 1.82) is 0 Å². The number of aliphatic hydroxyl groups is 2. The molecule has 0 spiro atoms. The van der Waals surface area contributed by atoms with Gasteiger partial charge in [-0.1, -0.05) is 43.3 Å². The molecule has 4 N–H and O–H groups in total. The molecule has 0 aliphatic carbocycles. The van der Waals surface area contributed by atoms with Gasteiger partial charge >= 0.3 is 0 Å². The van der Waals surface area contributed by atoms with Crippen LogP contribution < -0.4 is 0 Å². The first-order chi connectivity index (χ1) is 7.68. The van der Waals surface area contributed by atoms with E-state index in [9.17, 15) is 4.79 Å². The second-order valence-electron chi connectivity index (χ2n) is 2.53. The molecule has 0 aliphatic rings. The van der Waals surface area contributed by atoms with Gasteiger partial charge < -0.3 is 20.5 Å². The van der Waals surface area contributed by atoms with Gasteiger partial charge in [-0.25, -0.2) is 0 Å². The summed E-state index contributed by atoms with van der Waals surface area (Å²) in [7, 11) is 1.00. The van der Waals surface area contributed by atoms with Crippen molar-refractivity contribution in [3.8, 4) is 0 Å². The molecule has 4 nitrogen and oxygen atoms in total. The molecule has 1 aromatic carbocycles. The number of hydrogen-bond donors (Lipinski definition) is 2. The van der Waals surface area contributed by atoms with Crippen LogP contribution in [0.1, 0.15) is 27.2 Å². The third-order valence-corrected chi connectivity index (χ3v) is 1.16. The normalized spacial score (nSPS) is 6.47. The summed E-state index contributed by atoms with van der Waals surface area (Å²) < 4.78 is 0. The van der Waals surface area contributed by atoms with Crippen LogP contribution in [0.2, 0.25) is 0 Å². The van der Waals surface area contributed by atoms with E-state index in [2.05, 4.69) is 0 Å². The van der Waals surface area contributed by atoms with E-state index in [0.717, 1.165) is 7.11 Å². The maximum atomic E-state index is 9.81. The van der Waals surface area contributed by atoms with E-state index in [0.29, 0.717) is 6.42 Å². The molecule has 0 radical (unpaired) electrons. The van der Waals surface area contributed by atoms with Gasteiger partial charge in [0.15, 0.2) is 0 Å². The third kappa shape index (κ3) is 52.6. The summed E-state index contributed by atoms with van der Waals surface area (Å²) in [5, 5.41) is 14.6. The van der Waals surface area contributed by atoms with Crippen molar-refractivity contribution in [2.75, 3.05) is 13.7 Å². The van der Waals surface area contributed by atoms with Gasteiger partial charge in [0.05, 0.1) is 0 Å². The molecule has 0 amide bonds. The maximum Gasteiger partial charge on any atom is 0.129 e. The summed E-state index contributed by atoms with van der Waals surface area (Å²) in [6, 6.07) is 12.0. The number of rotatable bonds is 1. The Balaban J connectivity index is -0.0000000707. The fraction of sp³-hybridized carbons (Fsp3) is 0.462. The third-order valence-electron chi connectivity index (χ3n) is 1.16. The van der Waals surface area contributed by atoms with E-state index in [1.165, 1.54) is 0 Å². The fourth-order valence-corrected chi connectivity index (χ4v) is 0.385. The Morgan fingerprint density at radius 1 is 0.941 bits per heavy atom. The first-order valence-electron chi connectivity index (χ1n) is 5.24. The van der Waals surface area contributed by atoms with Crippen molar-refractivity contribution in [1.82, 2.24) is 0 Å². The van der Waals surface area contributed by atoms with E-state index in [1.54, 1.807) is 13.8 Å². The average molecular weight is 246 g/mol. The van der Waals surface area contributed by atoms with Gasteiger partial charge in [0.1, 0.15) is 5.78 Å². The van der Waals surface area contributed by atoms with E-state index in [-0.39, 0.29) is 17.9 Å². The minimum atomic E-state index is 0. The molecule has 0 aromatic heterocycles. The Labute approximate surface area is 104 Å². The summed E-state index contributed by atoms with van der Waals surface area (Å²) >= 11 is 0. The topological polar surface area (TPSA) is 89.0 Å². The van der Waals surface area contributed by atoms with E-state index in [1.807, 2.05) is 43.3 Å². The van der Waals surface area contributed by atoms with Gasteiger partial charge in [0.25, 0.3) is 0 Å². The highest BCUT2D eigenvalue weighted by Crippen LogP contribution is 1.79. The number of ketones is 1. The molecule has 0 heterocycles. The highest BCUT2D eigenvalue weighted by atomic mass is 16.2. The van der Waals surface area contributed by atoms with Gasteiger partial charge in [-0.3, -0.25) is 0 Å². The molecule has 0 saturated heterocycles. The Hall–Kier alpha value is -1.23. The van der Waals surface area contributed by atoms with Gasteiger partial charge in [0.2, 0.25) is 0 Å². The molecule has 17 heavy (non-hydrogen) atoms. The monoisotopic (exact) mass is 246 g/mol. The number of carbonyl (C=O) groups is 1. The summed E-state index contributed by atoms with van der Waals surface area (Å²) in [5.41, 5.74) is 0. The first kappa shape index (κ1) is 24.8. The predicted molar refractivity (Wildman–Crippen MR) is 71.9 cm³/mol. The van der Waals surface area contributed by atoms with E-state index >= 15 is 0 Å². The molecule has 102 valence electrons. The lowest BCUT2D eigenvalue weighted by molar-refractivity contribution is -0.116. The van der Waals surface area contributed by atoms with Crippen molar-refractivity contribution in [3.63, 3.8) is 0 Å². The van der Waals surface area contributed by atoms with E-state index in [4.69, 9.17) is 10.2 Å². The van der Waals surface area contributed by atoms with Crippen molar-refractivity contribution in [2.45, 2.75) is 27.2 Å². The minimum Gasteiger partial charge on any atom is -0.412 e. The van der Waals surface area contributed by atoms with Crippen LogP contribution in [0.4, 0.5) is 0 Å². The Kier molecular flexibility index (Phi) is 42.9. The Morgan fingerprint density at radius 2 is 1.06 bits per heavy atom. The molecule has 1 aromatic rings. The second-order valence-corrected chi connectivity index (χ2v) is 2.53. The van der Waals surface area contributed by atoms with Gasteiger partial charge in [-0.2, -0.15) is 0 Å². The highest BCUT2D eigenvalue weighted by Gasteiger charge is 1.76. The average Bonchev–Trinajstić information content (AvgIpc) is 2.35. The van der Waals surface area contributed by atoms with Crippen molar-refractivity contribution in [2.24, 2.45) is 0 Å². The Morgan fingerprint density at radius 3 is 1.12 bits per heavy atom. The molecular weight excluding hydrogens is 220 g/mol. The lowest BCUT2D eigenvalue weighted by Gasteiger charge is -1.71. The van der Waals surface area contributed by atoms with E-state index < -0.39 is 0 Å². The quantitative estimate of drug-likeness (QED) is 0.786. The van der Waals surface area contributed by atoms with Crippen LogP contribution in [-0.4, -0.2) is 35.2 Å². The van der Waals surface area contributed by atoms with Crippen LogP contribution in [-0.2, 0) is 4.79 Å². The van der Waals surface area contributed by atoms with Crippen LogP contribution in [0.15, 0.2) is 36.4 Å². The van der Waals surface area contributed by atoms with Crippen molar-refractivity contribution < 1.29 is 20.5 Å². The number of hydrogen-bond acceptors (Lipinski definition) is 3. The summed E-state index contributed by atoms with van der Waals surface area (Å²) in [4.78, 5) is 9.81. The summed E-state index contributed by atoms with van der Waals surface area (Å²) in [6.07, 6.45) is 0.667. The largest absolute Gasteiger partial charge is 0.412 e. The van der Waals surface area contributed by atoms with Crippen LogP contribution in [0, 0.1) is 0 Å². The molecule has 0 atom stereocenters. The lowest BCUT2D eigenvalue weighted by atomic mass is 10.4. The number of aliphatic hydroxyl groups excluding tert-OH is 2. The molecule has 0 bridgehead atoms. The standard InChI is InChI=1S/C6H6.C4H8O.C2H6O.CH4O.H2O/c1-2-4-6-5-3-1;1-3-4(2)5;1-2-3;1-2;/h1-6H;3H2,1-2H3;3H,2H2,1H3;2H,1H3;1H2. The number of Topliss-reactive ketones (excluding diaryl/α,β-unsaturated/α-hetero) is 1. The molecule has 0 saturated carbocycles. The molecule has 0 fully saturated rings. The molecule has 1 rings (SSSR count). The zero-order valence-corrected chi connectivity index (χ0v) is 11.2. The van der Waals surface area contributed by atoms with Crippen molar-refractivity contribution in [3.05, 3.63) is 36.4 Å². The molecule has 0 unspecified atom stereocenters. The minimum absolute atomic E-state index is 0. The van der Waals surface area contributed by atoms with Gasteiger partial charge in [-0.15, -0.1) is 0 Å². The SMILES string of the molecule is CCC(C)=O.CCO.CO.O.c1ccccc1. The second kappa shape index (κ2) is 29.3. The molecule has 0 aliphatic heterocycles. The Bertz CT molecular complexity index is 173. The van der Waals surface area contributed by atoms with Crippen LogP contribution in [0.3, 0.4) is 0 Å². The van der Waals surface area contributed by atoms with Crippen LogP contribution in [0.25, 0.3) is 0 Å². The molecular formula is C13H26O4. The summed E-state index contributed by atoms with van der Waals surface area (Å²) in [5.74, 6) is 0.255. The zero-order valence-electron chi connectivity index (χ0n) is 11.2. The lowest BCUT2D eigenvalue weighted by Crippen LogP contribution is -1.80. The predicted octanol–water partition coefficient (Wildman–Crippen LogP) is 1.45. The van der Waals surface area contributed by atoms with Gasteiger partial charge in [-0.05, 0) is 13.8 Å². The maximum absolute atomic E-state index is 9.81. The van der Waals surface area contributed by atoms with Gasteiger partial charge in [0, 0.05) is 20.1 Å². The van der Waals surface area contributed by atoms with Crippen LogP contribution in [0.5, 0.6) is 0 Å². The van der Waals surface area contributed by atoms with Crippen LogP contribution >= 0.6 is 0 Å². The number of carbonyl (C=O) groups excluding carboxylic acids is 1. The summed E-state index contributed by atoms with van der Waals surface area (Å²) in [6.45, 7) is 5.36. The first-order valence-corrected chi connectivity index (χ1v) is 5.24. The van der Waals surface area contributed by atoms with Crippen molar-refractivity contribution >= 4 is 5.78 Å². The smallest absolute Gasteiger partial charge is 0.129 e. The number of benzene rings is 1. The zero-order chi connectivity index (χ0) is 13.2. The fourth-order valence-electron chi connectivity index (χ4n) is 0.385.